The molecule has 1 amide bonds. The molecule has 0 bridgehead atoms. The van der Waals surface area contributed by atoms with Crippen LogP contribution in [0.4, 0.5) is 0 Å². The molecule has 8 heteroatoms. The monoisotopic (exact) mass is 374 g/mol. The Morgan fingerprint density at radius 1 is 1.42 bits per heavy atom. The van der Waals surface area contributed by atoms with Crippen molar-refractivity contribution in [3.8, 4) is 11.5 Å². The molecule has 7 nitrogen and oxygen atoms in total. The number of nitrogens with zero attached hydrogens (tertiary/aromatic N) is 3. The lowest BCUT2D eigenvalue weighted by atomic mass is 10.2. The molecule has 3 rings (SSSR count). The maximum atomic E-state index is 11.8. The molecule has 0 aliphatic carbocycles. The number of allylic oxidation sites excluding steroid dienone is 1. The molecule has 0 spiro atoms. The Balaban J connectivity index is 1.73. The third-order valence-electron chi connectivity index (χ3n) is 3.76. The van der Waals surface area contributed by atoms with Gasteiger partial charge in [0.15, 0.2) is 28.6 Å². The maximum Gasteiger partial charge on any atom is 0.230 e. The molecule has 0 saturated carbocycles. The van der Waals surface area contributed by atoms with Crippen molar-refractivity contribution in [2.45, 2.75) is 31.1 Å². The molecule has 0 radical (unpaired) electrons. The highest BCUT2D eigenvalue weighted by Crippen LogP contribution is 2.36. The number of ether oxygens (including phenoxy) is 2. The van der Waals surface area contributed by atoms with Crippen LogP contribution in [0.1, 0.15) is 25.3 Å². The first-order chi connectivity index (χ1) is 12.7. The summed E-state index contributed by atoms with van der Waals surface area (Å²) in [5.41, 5.74) is 0. The van der Waals surface area contributed by atoms with Crippen LogP contribution in [-0.4, -0.2) is 39.6 Å². The second-order valence-electron chi connectivity index (χ2n) is 5.74. The van der Waals surface area contributed by atoms with Crippen molar-refractivity contribution in [2.24, 2.45) is 0 Å². The topological polar surface area (TPSA) is 78.3 Å². The molecule has 1 unspecified atom stereocenters. The smallest absolute Gasteiger partial charge is 0.230 e. The number of fused-ring (bicyclic) bond motifs is 1. The molecular weight excluding hydrogens is 352 g/mol. The summed E-state index contributed by atoms with van der Waals surface area (Å²) in [6.45, 7) is 7.38. The zero-order chi connectivity index (χ0) is 18.4. The van der Waals surface area contributed by atoms with Crippen LogP contribution in [0.3, 0.4) is 0 Å². The number of para-hydroxylation sites is 2. The first kappa shape index (κ1) is 18.3. The minimum absolute atomic E-state index is 0.0160. The van der Waals surface area contributed by atoms with Crippen LogP contribution in [-0.2, 0) is 11.3 Å². The Hall–Kier alpha value is -2.48. The van der Waals surface area contributed by atoms with Crippen LogP contribution in [0.25, 0.3) is 0 Å². The number of carbonyl (C=O) groups is 1. The van der Waals surface area contributed by atoms with Crippen LogP contribution in [0, 0.1) is 0 Å². The fourth-order valence-electron chi connectivity index (χ4n) is 2.54. The van der Waals surface area contributed by atoms with Crippen LogP contribution in [0.2, 0.25) is 0 Å². The van der Waals surface area contributed by atoms with E-state index in [1.807, 2.05) is 35.8 Å². The molecule has 26 heavy (non-hydrogen) atoms. The summed E-state index contributed by atoms with van der Waals surface area (Å²) in [6, 6.07) is 7.54. The van der Waals surface area contributed by atoms with Crippen molar-refractivity contribution in [1.82, 2.24) is 20.1 Å². The second-order valence-corrected chi connectivity index (χ2v) is 6.69. The number of hydrogen-bond donors (Lipinski definition) is 1. The lowest BCUT2D eigenvalue weighted by Crippen LogP contribution is -2.26. The van der Waals surface area contributed by atoms with Crippen LogP contribution in [0.5, 0.6) is 11.5 Å². The molecule has 1 aromatic carbocycles. The number of hydrogen-bond acceptors (Lipinski definition) is 6. The molecule has 138 valence electrons. The summed E-state index contributed by atoms with van der Waals surface area (Å²) >= 11 is 1.35. The Kier molecular flexibility index (Phi) is 6.17. The fourth-order valence-corrected chi connectivity index (χ4v) is 3.32. The van der Waals surface area contributed by atoms with E-state index in [2.05, 4.69) is 22.1 Å². The zero-order valence-corrected chi connectivity index (χ0v) is 15.5. The van der Waals surface area contributed by atoms with Gasteiger partial charge in [-0.25, -0.2) is 0 Å². The maximum absolute atomic E-state index is 11.8. The van der Waals surface area contributed by atoms with Gasteiger partial charge in [0.1, 0.15) is 6.61 Å². The molecule has 1 N–H and O–H groups in total. The summed E-state index contributed by atoms with van der Waals surface area (Å²) in [5.74, 6) is 2.35. The minimum Gasteiger partial charge on any atom is -0.485 e. The number of aromatic nitrogens is 3. The summed E-state index contributed by atoms with van der Waals surface area (Å²) in [5, 5.41) is 12.0. The number of amides is 1. The summed E-state index contributed by atoms with van der Waals surface area (Å²) in [4.78, 5) is 11.8. The predicted octanol–water partition coefficient (Wildman–Crippen LogP) is 2.59. The van der Waals surface area contributed by atoms with Crippen molar-refractivity contribution in [1.29, 1.82) is 0 Å². The van der Waals surface area contributed by atoms with Crippen molar-refractivity contribution in [3.63, 3.8) is 0 Å². The Labute approximate surface area is 156 Å². The second kappa shape index (κ2) is 8.75. The molecule has 0 fully saturated rings. The summed E-state index contributed by atoms with van der Waals surface area (Å²) in [6.07, 6.45) is 2.32. The molecule has 1 atom stereocenters. The van der Waals surface area contributed by atoms with E-state index in [1.165, 1.54) is 11.8 Å². The highest BCUT2D eigenvalue weighted by atomic mass is 32.2. The quantitative estimate of drug-likeness (QED) is 0.565. The lowest BCUT2D eigenvalue weighted by molar-refractivity contribution is -0.118. The third-order valence-corrected chi connectivity index (χ3v) is 4.73. The van der Waals surface area contributed by atoms with E-state index < -0.39 is 0 Å². The van der Waals surface area contributed by atoms with Gasteiger partial charge in [-0.1, -0.05) is 36.9 Å². The molecular formula is C18H22N4O3S. The van der Waals surface area contributed by atoms with Gasteiger partial charge in [-0.2, -0.15) is 0 Å². The number of benzene rings is 1. The van der Waals surface area contributed by atoms with Gasteiger partial charge in [0.05, 0.1) is 5.75 Å². The standard InChI is InChI=1S/C18H22N4O3S/c1-3-9-19-16(23)12-26-18-21-20-17(22(18)10-4-2)15-11-24-13-7-5-6-8-14(13)25-15/h4-8,15H,2-3,9-12H2,1H3,(H,19,23). The van der Waals surface area contributed by atoms with E-state index in [4.69, 9.17) is 9.47 Å². The van der Waals surface area contributed by atoms with E-state index >= 15 is 0 Å². The highest BCUT2D eigenvalue weighted by molar-refractivity contribution is 7.99. The Morgan fingerprint density at radius 2 is 2.23 bits per heavy atom. The van der Waals surface area contributed by atoms with Crippen molar-refractivity contribution >= 4 is 17.7 Å². The first-order valence-electron chi connectivity index (χ1n) is 8.55. The van der Waals surface area contributed by atoms with Gasteiger partial charge in [0.2, 0.25) is 5.91 Å². The Bertz CT molecular complexity index is 778. The van der Waals surface area contributed by atoms with Crippen molar-refractivity contribution in [2.75, 3.05) is 18.9 Å². The Morgan fingerprint density at radius 3 is 3.00 bits per heavy atom. The number of nitrogens with one attached hydrogen (secondary N) is 1. The van der Waals surface area contributed by atoms with Gasteiger partial charge in [-0.3, -0.25) is 9.36 Å². The van der Waals surface area contributed by atoms with E-state index in [1.54, 1.807) is 6.08 Å². The third kappa shape index (κ3) is 4.19. The van der Waals surface area contributed by atoms with Crippen molar-refractivity contribution in [3.05, 3.63) is 42.7 Å². The molecule has 2 aromatic rings. The number of thioether (sulfide) groups is 1. The minimum atomic E-state index is -0.361. The zero-order valence-electron chi connectivity index (χ0n) is 14.7. The predicted molar refractivity (Wildman–Crippen MR) is 99.5 cm³/mol. The average molecular weight is 374 g/mol. The molecule has 2 heterocycles. The normalized spacial score (nSPS) is 15.5. The van der Waals surface area contributed by atoms with E-state index in [0.29, 0.717) is 42.2 Å². The van der Waals surface area contributed by atoms with Gasteiger partial charge in [0, 0.05) is 13.1 Å². The van der Waals surface area contributed by atoms with Gasteiger partial charge >= 0.3 is 0 Å². The van der Waals surface area contributed by atoms with Crippen LogP contribution < -0.4 is 14.8 Å². The van der Waals surface area contributed by atoms with Crippen LogP contribution >= 0.6 is 11.8 Å². The lowest BCUT2D eigenvalue weighted by Gasteiger charge is -2.26. The molecule has 1 aliphatic rings. The van der Waals surface area contributed by atoms with Gasteiger partial charge in [-0.15, -0.1) is 16.8 Å². The first-order valence-corrected chi connectivity index (χ1v) is 9.53. The van der Waals surface area contributed by atoms with Gasteiger partial charge in [0.25, 0.3) is 0 Å². The number of rotatable bonds is 8. The molecule has 1 aliphatic heterocycles. The van der Waals surface area contributed by atoms with E-state index in [9.17, 15) is 4.79 Å². The van der Waals surface area contributed by atoms with Gasteiger partial charge < -0.3 is 14.8 Å². The van der Waals surface area contributed by atoms with Crippen LogP contribution in [0.15, 0.2) is 42.1 Å². The largest absolute Gasteiger partial charge is 0.485 e. The van der Waals surface area contributed by atoms with E-state index in [0.717, 1.165) is 12.2 Å². The molecule has 0 saturated heterocycles. The molecule has 1 aromatic heterocycles. The highest BCUT2D eigenvalue weighted by Gasteiger charge is 2.28. The van der Waals surface area contributed by atoms with E-state index in [-0.39, 0.29) is 12.0 Å². The fraction of sp³-hybridized carbons (Fsp3) is 0.389. The van der Waals surface area contributed by atoms with Gasteiger partial charge in [-0.05, 0) is 18.6 Å². The number of carbonyl (C=O) groups excluding carboxylic acids is 1. The average Bonchev–Trinajstić information content (AvgIpc) is 3.07. The van der Waals surface area contributed by atoms with Crippen molar-refractivity contribution < 1.29 is 14.3 Å². The SMILES string of the molecule is C=CCn1c(SCC(=O)NCCC)nnc1C1COc2ccccc2O1. The summed E-state index contributed by atoms with van der Waals surface area (Å²) in [7, 11) is 0. The summed E-state index contributed by atoms with van der Waals surface area (Å²) < 4.78 is 13.7.